The average molecular weight is 998 g/mol. The molecule has 12 rings (SSSR count). The average Bonchev–Trinajstić information content (AvgIpc) is 4.09. The van der Waals surface area contributed by atoms with Crippen molar-refractivity contribution in [1.29, 1.82) is 0 Å². The zero-order valence-corrected chi connectivity index (χ0v) is 41.4. The molecule has 7 aliphatic rings. The third-order valence-corrected chi connectivity index (χ3v) is 17.3. The van der Waals surface area contributed by atoms with E-state index in [-0.39, 0.29) is 53.3 Å². The fourth-order valence-electron chi connectivity index (χ4n) is 13.0. The van der Waals surface area contributed by atoms with Crippen molar-refractivity contribution in [1.82, 2.24) is 35.0 Å². The summed E-state index contributed by atoms with van der Waals surface area (Å²) in [5.41, 5.74) is 1.22. The molecule has 0 bridgehead atoms. The van der Waals surface area contributed by atoms with E-state index < -0.39 is 46.9 Å². The van der Waals surface area contributed by atoms with Crippen LogP contribution in [0.5, 0.6) is 11.8 Å². The summed E-state index contributed by atoms with van der Waals surface area (Å²) in [5, 5.41) is 25.6. The highest BCUT2D eigenvalue weighted by Gasteiger charge is 2.51. The number of β-amino-alcohol motifs (C(OH)–C–C–N with tert-alkyl or cyclic N) is 1. The van der Waals surface area contributed by atoms with E-state index in [1.54, 1.807) is 25.1 Å². The molecule has 4 amide bonds. The molecule has 73 heavy (non-hydrogen) atoms. The molecule has 3 N–H and O–H groups in total. The molecule has 2 atom stereocenters. The summed E-state index contributed by atoms with van der Waals surface area (Å²) in [6.07, 6.45) is 9.98. The lowest BCUT2D eigenvalue weighted by Gasteiger charge is -2.56. The molecular weight excluding hydrogens is 937 g/mol. The smallest absolute Gasteiger partial charge is 0.319 e. The maximum Gasteiger partial charge on any atom is 0.319 e. The summed E-state index contributed by atoms with van der Waals surface area (Å²) in [5.74, 6) is -2.80. The number of ether oxygens (including phenoxy) is 1. The van der Waals surface area contributed by atoms with E-state index >= 15 is 8.78 Å². The second-order valence-corrected chi connectivity index (χ2v) is 22.3. The zero-order valence-electron chi connectivity index (χ0n) is 41.4. The summed E-state index contributed by atoms with van der Waals surface area (Å²) >= 11 is 0. The number of hydrogen-bond acceptors (Lipinski definition) is 14. The van der Waals surface area contributed by atoms with Gasteiger partial charge in [0, 0.05) is 75.5 Å². The number of carbonyl (C=O) groups excluding carboxylic acids is 4. The van der Waals surface area contributed by atoms with Crippen LogP contribution in [0.15, 0.2) is 48.7 Å². The number of aryl methyl sites for hydroxylation is 1. The van der Waals surface area contributed by atoms with Crippen LogP contribution >= 0.6 is 0 Å². The van der Waals surface area contributed by atoms with Crippen LogP contribution < -0.4 is 19.9 Å². The molecule has 2 aromatic heterocycles. The lowest BCUT2D eigenvalue weighted by molar-refractivity contribution is -0.136. The van der Waals surface area contributed by atoms with Gasteiger partial charge in [-0.05, 0) is 136 Å². The zero-order chi connectivity index (χ0) is 50.6. The summed E-state index contributed by atoms with van der Waals surface area (Å²) < 4.78 is 38.8. The van der Waals surface area contributed by atoms with Crippen LogP contribution in [0, 0.1) is 22.5 Å². The normalized spacial score (nSPS) is 24.4. The number of amides is 4. The molecule has 382 valence electrons. The lowest BCUT2D eigenvalue weighted by atomic mass is 9.60. The Morgan fingerprint density at radius 3 is 2.38 bits per heavy atom. The van der Waals surface area contributed by atoms with Gasteiger partial charge in [-0.15, -0.1) is 0 Å². The maximum atomic E-state index is 17.2. The molecule has 3 aromatic carbocycles. The van der Waals surface area contributed by atoms with Gasteiger partial charge < -0.3 is 29.6 Å². The molecule has 5 aromatic rings. The lowest BCUT2D eigenvalue weighted by Crippen LogP contribution is -2.59. The number of fused-ring (bicyclic) bond motifs is 3. The summed E-state index contributed by atoms with van der Waals surface area (Å²) in [6, 6.07) is 10.8. The van der Waals surface area contributed by atoms with E-state index in [9.17, 15) is 29.4 Å². The minimum absolute atomic E-state index is 0.00152. The Morgan fingerprint density at radius 2 is 1.66 bits per heavy atom. The van der Waals surface area contributed by atoms with Crippen molar-refractivity contribution in [3.8, 4) is 23.0 Å². The van der Waals surface area contributed by atoms with Crippen LogP contribution in [-0.4, -0.2) is 147 Å². The largest absolute Gasteiger partial charge is 0.508 e. The van der Waals surface area contributed by atoms with E-state index in [4.69, 9.17) is 14.7 Å². The molecular formula is C55H61F2N9O7. The highest BCUT2D eigenvalue weighted by atomic mass is 19.1. The predicted octanol–water partition coefficient (Wildman–Crippen LogP) is 6.37. The van der Waals surface area contributed by atoms with Gasteiger partial charge in [-0.1, -0.05) is 19.1 Å². The quantitative estimate of drug-likeness (QED) is 0.124. The second-order valence-electron chi connectivity index (χ2n) is 22.3. The van der Waals surface area contributed by atoms with Gasteiger partial charge in [0.25, 0.3) is 11.8 Å². The molecule has 1 unspecified atom stereocenters. The number of carbonyl (C=O) groups is 4. The Labute approximate surface area is 421 Å². The van der Waals surface area contributed by atoms with Gasteiger partial charge in [0.2, 0.25) is 11.8 Å². The topological polar surface area (TPSA) is 185 Å². The Morgan fingerprint density at radius 1 is 0.877 bits per heavy atom. The fourth-order valence-corrected chi connectivity index (χ4v) is 13.0. The Balaban J connectivity index is 0.689. The van der Waals surface area contributed by atoms with Gasteiger partial charge in [-0.2, -0.15) is 9.97 Å². The number of aromatic hydroxyl groups is 1. The second kappa shape index (κ2) is 17.9. The summed E-state index contributed by atoms with van der Waals surface area (Å²) in [6.45, 7) is 10.9. The number of halogens is 2. The number of rotatable bonds is 11. The minimum atomic E-state index is -0.999. The van der Waals surface area contributed by atoms with Gasteiger partial charge >= 0.3 is 6.01 Å². The monoisotopic (exact) mass is 997 g/mol. The molecule has 1 spiro atoms. The number of aromatic nitrogens is 3. The van der Waals surface area contributed by atoms with Crippen LogP contribution in [-0.2, 0) is 16.0 Å². The third-order valence-electron chi connectivity index (χ3n) is 17.3. The number of piperazine rings is 1. The van der Waals surface area contributed by atoms with Gasteiger partial charge in [-0.25, -0.2) is 8.78 Å². The molecule has 7 heterocycles. The first kappa shape index (κ1) is 47.6. The SMILES string of the molecule is CCc1c(F)ccc2cc(O)cc(-c3ncc4c(N5CCC[C@@](C)(O)C5)nc(OCC5(CN6CCC7(CC6)CC(N6CCN(c8cccc9c8C(=O)N(C8CCC(=O)NC8=O)C9=O)CC6)C7)CC5)nc4c3F)c12. The first-order valence-corrected chi connectivity index (χ1v) is 26.1. The van der Waals surface area contributed by atoms with Crippen molar-refractivity contribution in [3.63, 3.8) is 0 Å². The van der Waals surface area contributed by atoms with E-state index in [0.717, 1.165) is 89.2 Å². The maximum absolute atomic E-state index is 17.2. The Kier molecular flexibility index (Phi) is 11.7. The number of phenols is 1. The van der Waals surface area contributed by atoms with Crippen molar-refractivity contribution in [2.24, 2.45) is 10.8 Å². The highest BCUT2D eigenvalue weighted by Crippen LogP contribution is 2.53. The molecule has 16 nitrogen and oxygen atoms in total. The fraction of sp³-hybridized carbons (Fsp3) is 0.509. The van der Waals surface area contributed by atoms with Crippen molar-refractivity contribution < 1.29 is 42.9 Å². The number of benzene rings is 3. The number of nitrogens with zero attached hydrogens (tertiary/aromatic N) is 8. The van der Waals surface area contributed by atoms with Crippen molar-refractivity contribution in [2.75, 3.05) is 75.3 Å². The Bertz CT molecular complexity index is 3100. The molecule has 2 aliphatic carbocycles. The highest BCUT2D eigenvalue weighted by molar-refractivity contribution is 6.25. The summed E-state index contributed by atoms with van der Waals surface area (Å²) in [4.78, 5) is 76.1. The number of phenolic OH excluding ortho intramolecular Hbond substituents is 1. The third kappa shape index (κ3) is 8.52. The number of nitrogens with one attached hydrogen (secondary N) is 1. The van der Waals surface area contributed by atoms with Crippen LogP contribution in [0.1, 0.15) is 104 Å². The standard InChI is InChI=1S/C55H61F2N9O7/c1-3-35-39(56)9-8-32-24-34(67)25-37(43(32)35)46-45(57)47-38(28-58-46)48(65-17-5-12-53(2,72)29-65)61-52(60-47)73-31-55(13-14-55)30-62-18-15-54(16-19-62)26-33(27-54)63-20-22-64(23-21-63)40-7-4-6-36-44(40)51(71)66(50(36)70)41-10-11-42(68)59-49(41)69/h4,6-9,24-25,28,33,41,67,72H,3,5,10-23,26-27,29-31H2,1-2H3,(H,59,68,69)/t41?,53-/m1/s1. The Hall–Kier alpha value is -6.37. The van der Waals surface area contributed by atoms with E-state index in [1.165, 1.54) is 24.4 Å². The number of piperidine rings is 3. The first-order chi connectivity index (χ1) is 35.1. The molecule has 0 radical (unpaired) electrons. The predicted molar refractivity (Wildman–Crippen MR) is 268 cm³/mol. The number of imide groups is 2. The van der Waals surface area contributed by atoms with Crippen LogP contribution in [0.2, 0.25) is 0 Å². The van der Waals surface area contributed by atoms with Gasteiger partial charge in [0.05, 0.1) is 34.4 Å². The number of pyridine rings is 1. The summed E-state index contributed by atoms with van der Waals surface area (Å²) in [7, 11) is 0. The van der Waals surface area contributed by atoms with Gasteiger partial charge in [0.1, 0.15) is 34.6 Å². The van der Waals surface area contributed by atoms with Gasteiger partial charge in [-0.3, -0.25) is 39.3 Å². The first-order valence-electron chi connectivity index (χ1n) is 26.1. The number of hydrogen-bond donors (Lipinski definition) is 3. The van der Waals surface area contributed by atoms with Crippen LogP contribution in [0.3, 0.4) is 0 Å². The molecule has 4 saturated heterocycles. The van der Waals surface area contributed by atoms with Gasteiger partial charge in [0.15, 0.2) is 5.82 Å². The molecule has 6 fully saturated rings. The number of aliphatic hydroxyl groups is 1. The number of likely N-dealkylation sites (tertiary alicyclic amines) is 1. The molecule has 2 saturated carbocycles. The van der Waals surface area contributed by atoms with E-state index in [0.29, 0.717) is 88.2 Å². The molecule has 18 heteroatoms. The molecule has 5 aliphatic heterocycles. The van der Waals surface area contributed by atoms with Crippen molar-refractivity contribution in [2.45, 2.75) is 102 Å². The van der Waals surface area contributed by atoms with Crippen LogP contribution in [0.25, 0.3) is 32.9 Å². The van der Waals surface area contributed by atoms with Crippen LogP contribution in [0.4, 0.5) is 20.3 Å². The minimum Gasteiger partial charge on any atom is -0.508 e. The van der Waals surface area contributed by atoms with Crippen molar-refractivity contribution in [3.05, 3.63) is 77.0 Å². The van der Waals surface area contributed by atoms with Crippen molar-refractivity contribution >= 4 is 56.8 Å². The number of anilines is 2. The van der Waals surface area contributed by atoms with E-state index in [1.807, 2.05) is 17.9 Å². The van der Waals surface area contributed by atoms with E-state index in [2.05, 4.69) is 25.0 Å².